The average Bonchev–Trinajstić information content (AvgIpc) is 2.54. The highest BCUT2D eigenvalue weighted by Crippen LogP contribution is 2.35. The quantitative estimate of drug-likeness (QED) is 0.557. The number of carbonyl (C=O) groups is 2. The Hall–Kier alpha value is -2.47. The third-order valence-corrected chi connectivity index (χ3v) is 4.44. The lowest BCUT2D eigenvalue weighted by Crippen LogP contribution is -2.39. The van der Waals surface area contributed by atoms with Gasteiger partial charge in [0, 0.05) is 6.04 Å². The van der Waals surface area contributed by atoms with Crippen LogP contribution in [0.2, 0.25) is 0 Å². The van der Waals surface area contributed by atoms with Gasteiger partial charge in [0.25, 0.3) is 5.91 Å². The SMILES string of the molecule is O=C(O)c1ccccc1C(=O)NC(Cc1ccccc1)CP(=O)(O)O. The Labute approximate surface area is 144 Å². The van der Waals surface area contributed by atoms with Gasteiger partial charge in [-0.3, -0.25) is 9.36 Å². The molecule has 0 bridgehead atoms. The maximum atomic E-state index is 12.4. The average molecular weight is 363 g/mol. The van der Waals surface area contributed by atoms with Crippen molar-refractivity contribution in [1.82, 2.24) is 5.32 Å². The zero-order valence-electron chi connectivity index (χ0n) is 13.2. The summed E-state index contributed by atoms with van der Waals surface area (Å²) >= 11 is 0. The molecule has 0 saturated heterocycles. The van der Waals surface area contributed by atoms with Gasteiger partial charge in [-0.25, -0.2) is 4.79 Å². The second kappa shape index (κ2) is 8.07. The Kier molecular flexibility index (Phi) is 6.09. The molecule has 132 valence electrons. The first-order valence-electron chi connectivity index (χ1n) is 7.48. The van der Waals surface area contributed by atoms with Crippen molar-refractivity contribution in [2.45, 2.75) is 12.5 Å². The van der Waals surface area contributed by atoms with Gasteiger partial charge in [0.2, 0.25) is 0 Å². The number of benzene rings is 2. The number of amides is 1. The Morgan fingerprint density at radius 1 is 0.960 bits per heavy atom. The summed E-state index contributed by atoms with van der Waals surface area (Å²) in [6.45, 7) is 0. The number of aromatic carboxylic acids is 1. The molecule has 8 heteroatoms. The molecule has 1 atom stereocenters. The molecule has 0 saturated carbocycles. The van der Waals surface area contributed by atoms with E-state index in [-0.39, 0.29) is 17.5 Å². The summed E-state index contributed by atoms with van der Waals surface area (Å²) < 4.78 is 11.4. The van der Waals surface area contributed by atoms with E-state index in [1.54, 1.807) is 24.3 Å². The van der Waals surface area contributed by atoms with Crippen LogP contribution in [0.15, 0.2) is 54.6 Å². The highest BCUT2D eigenvalue weighted by molar-refractivity contribution is 7.51. The van der Waals surface area contributed by atoms with E-state index >= 15 is 0 Å². The fourth-order valence-corrected chi connectivity index (χ4v) is 3.27. The Morgan fingerprint density at radius 3 is 2.08 bits per heavy atom. The van der Waals surface area contributed by atoms with Gasteiger partial charge in [-0.15, -0.1) is 0 Å². The molecule has 2 aromatic carbocycles. The monoisotopic (exact) mass is 363 g/mol. The van der Waals surface area contributed by atoms with Crippen LogP contribution in [0.3, 0.4) is 0 Å². The van der Waals surface area contributed by atoms with Crippen LogP contribution < -0.4 is 5.32 Å². The maximum Gasteiger partial charge on any atom is 0.336 e. The highest BCUT2D eigenvalue weighted by atomic mass is 31.2. The number of carbonyl (C=O) groups excluding carboxylic acids is 1. The van der Waals surface area contributed by atoms with E-state index in [1.165, 1.54) is 24.3 Å². The van der Waals surface area contributed by atoms with E-state index < -0.39 is 31.7 Å². The van der Waals surface area contributed by atoms with Gasteiger partial charge in [0.15, 0.2) is 0 Å². The minimum absolute atomic E-state index is 0.0567. The van der Waals surface area contributed by atoms with Gasteiger partial charge in [0.1, 0.15) is 0 Å². The van der Waals surface area contributed by atoms with Gasteiger partial charge in [-0.05, 0) is 24.1 Å². The topological polar surface area (TPSA) is 124 Å². The number of carboxylic acids is 1. The molecule has 1 unspecified atom stereocenters. The molecule has 1 amide bonds. The molecule has 0 heterocycles. The van der Waals surface area contributed by atoms with Gasteiger partial charge in [-0.2, -0.15) is 0 Å². The molecule has 0 fully saturated rings. The van der Waals surface area contributed by atoms with Crippen molar-refractivity contribution in [1.29, 1.82) is 0 Å². The predicted octanol–water partition coefficient (Wildman–Crippen LogP) is 1.90. The third-order valence-electron chi connectivity index (χ3n) is 3.52. The maximum absolute atomic E-state index is 12.4. The fourth-order valence-electron chi connectivity index (χ4n) is 2.48. The van der Waals surface area contributed by atoms with Crippen LogP contribution >= 0.6 is 7.60 Å². The number of nitrogens with one attached hydrogen (secondary N) is 1. The van der Waals surface area contributed by atoms with Gasteiger partial charge >= 0.3 is 13.6 Å². The summed E-state index contributed by atoms with van der Waals surface area (Å²) in [5.41, 5.74) is 0.571. The van der Waals surface area contributed by atoms with Crippen molar-refractivity contribution in [2.75, 3.05) is 6.16 Å². The van der Waals surface area contributed by atoms with Crippen molar-refractivity contribution in [3.05, 3.63) is 71.3 Å². The fraction of sp³-hybridized carbons (Fsp3) is 0.176. The first-order valence-corrected chi connectivity index (χ1v) is 9.28. The van der Waals surface area contributed by atoms with Crippen LogP contribution in [0, 0.1) is 0 Å². The van der Waals surface area contributed by atoms with E-state index in [9.17, 15) is 23.9 Å². The van der Waals surface area contributed by atoms with Crippen molar-refractivity contribution >= 4 is 19.5 Å². The molecule has 0 aliphatic carbocycles. The molecule has 0 aliphatic rings. The summed E-state index contributed by atoms with van der Waals surface area (Å²) in [7, 11) is -4.37. The summed E-state index contributed by atoms with van der Waals surface area (Å²) in [4.78, 5) is 42.2. The standard InChI is InChI=1S/C17H18NO6P/c19-16(14-8-4-5-9-15(14)17(20)21)18-13(11-25(22,23)24)10-12-6-2-1-3-7-12/h1-9,13H,10-11H2,(H,18,19)(H,20,21)(H2,22,23,24). The summed E-state index contributed by atoms with van der Waals surface area (Å²) in [6.07, 6.45) is -0.324. The lowest BCUT2D eigenvalue weighted by atomic mass is 10.0. The second-order valence-corrected chi connectivity index (χ2v) is 7.25. The minimum Gasteiger partial charge on any atom is -0.478 e. The van der Waals surface area contributed by atoms with E-state index in [1.807, 2.05) is 6.07 Å². The zero-order valence-corrected chi connectivity index (χ0v) is 14.1. The van der Waals surface area contributed by atoms with Crippen molar-refractivity contribution in [3.8, 4) is 0 Å². The van der Waals surface area contributed by atoms with Crippen molar-refractivity contribution in [3.63, 3.8) is 0 Å². The first kappa shape index (κ1) is 18.9. The van der Waals surface area contributed by atoms with E-state index in [2.05, 4.69) is 5.32 Å². The van der Waals surface area contributed by atoms with Crippen LogP contribution in [0.5, 0.6) is 0 Å². The Balaban J connectivity index is 2.22. The molecular formula is C17H18NO6P. The second-order valence-electron chi connectivity index (χ2n) is 5.56. The Morgan fingerprint density at radius 2 is 1.52 bits per heavy atom. The van der Waals surface area contributed by atoms with Crippen LogP contribution in [-0.2, 0) is 11.0 Å². The molecule has 7 nitrogen and oxygen atoms in total. The van der Waals surface area contributed by atoms with E-state index in [0.29, 0.717) is 0 Å². The van der Waals surface area contributed by atoms with Gasteiger partial charge in [0.05, 0.1) is 17.3 Å². The van der Waals surface area contributed by atoms with Crippen LogP contribution in [0.4, 0.5) is 0 Å². The molecule has 0 aromatic heterocycles. The van der Waals surface area contributed by atoms with Crippen LogP contribution in [0.25, 0.3) is 0 Å². The number of hydrogen-bond donors (Lipinski definition) is 4. The Bertz CT molecular complexity index is 802. The minimum atomic E-state index is -4.37. The number of carboxylic acid groups (broad SMARTS) is 1. The highest BCUT2D eigenvalue weighted by Gasteiger charge is 2.25. The van der Waals surface area contributed by atoms with E-state index in [0.717, 1.165) is 5.56 Å². The molecule has 0 spiro atoms. The van der Waals surface area contributed by atoms with Crippen LogP contribution in [-0.4, -0.2) is 39.0 Å². The predicted molar refractivity (Wildman–Crippen MR) is 91.7 cm³/mol. The smallest absolute Gasteiger partial charge is 0.336 e. The molecule has 25 heavy (non-hydrogen) atoms. The summed E-state index contributed by atoms with van der Waals surface area (Å²) in [5, 5.41) is 11.7. The lowest BCUT2D eigenvalue weighted by molar-refractivity contribution is 0.0690. The molecular weight excluding hydrogens is 345 g/mol. The van der Waals surface area contributed by atoms with E-state index in [4.69, 9.17) is 5.11 Å². The van der Waals surface area contributed by atoms with Crippen molar-refractivity contribution < 1.29 is 29.0 Å². The molecule has 2 rings (SSSR count). The lowest BCUT2D eigenvalue weighted by Gasteiger charge is -2.20. The zero-order chi connectivity index (χ0) is 18.4. The molecule has 4 N–H and O–H groups in total. The summed E-state index contributed by atoms with van der Waals surface area (Å²) in [6, 6.07) is 13.8. The molecule has 0 aliphatic heterocycles. The largest absolute Gasteiger partial charge is 0.478 e. The summed E-state index contributed by atoms with van der Waals surface area (Å²) in [5.74, 6) is -1.94. The van der Waals surface area contributed by atoms with Gasteiger partial charge in [-0.1, -0.05) is 42.5 Å². The van der Waals surface area contributed by atoms with Crippen molar-refractivity contribution in [2.24, 2.45) is 0 Å². The third kappa shape index (κ3) is 5.83. The van der Waals surface area contributed by atoms with Gasteiger partial charge < -0.3 is 20.2 Å². The number of hydrogen-bond acceptors (Lipinski definition) is 3. The normalized spacial score (nSPS) is 12.4. The first-order chi connectivity index (χ1) is 11.8. The number of rotatable bonds is 7. The molecule has 2 aromatic rings. The van der Waals surface area contributed by atoms with Crippen LogP contribution in [0.1, 0.15) is 26.3 Å². The molecule has 0 radical (unpaired) electrons.